The van der Waals surface area contributed by atoms with Crippen molar-refractivity contribution in [2.24, 2.45) is 0 Å². The molecule has 0 saturated heterocycles. The molecule has 0 bridgehead atoms. The molecule has 0 atom stereocenters. The van der Waals surface area contributed by atoms with Crippen molar-refractivity contribution in [1.29, 1.82) is 0 Å². The summed E-state index contributed by atoms with van der Waals surface area (Å²) >= 11 is 17.4. The normalized spacial score (nSPS) is 11.2. The molecule has 2 N–H and O–H groups in total. The third-order valence-electron chi connectivity index (χ3n) is 5.21. The smallest absolute Gasteiger partial charge is 0.250 e. The van der Waals surface area contributed by atoms with E-state index in [1.54, 1.807) is 66.7 Å². The Morgan fingerprint density at radius 3 is 2.62 bits per heavy atom. The number of halogens is 3. The van der Waals surface area contributed by atoms with E-state index in [4.69, 9.17) is 44.3 Å². The Balaban J connectivity index is 1.21. The second-order valence-corrected chi connectivity index (χ2v) is 9.04. The average molecular weight is 552 g/mol. The van der Waals surface area contributed by atoms with Crippen LogP contribution < -0.4 is 10.6 Å². The van der Waals surface area contributed by atoms with Gasteiger partial charge in [-0.15, -0.1) is 0 Å². The number of rotatable bonds is 5. The molecule has 0 unspecified atom stereocenters. The highest BCUT2D eigenvalue weighted by Crippen LogP contribution is 2.32. The van der Waals surface area contributed by atoms with E-state index in [9.17, 15) is 9.18 Å². The maximum atomic E-state index is 14.1. The van der Waals surface area contributed by atoms with E-state index in [0.717, 1.165) is 0 Å². The van der Waals surface area contributed by atoms with Gasteiger partial charge in [-0.2, -0.15) is 0 Å². The first kappa shape index (κ1) is 24.7. The van der Waals surface area contributed by atoms with Crippen LogP contribution in [-0.2, 0) is 4.79 Å². The van der Waals surface area contributed by atoms with Gasteiger partial charge in [0.25, 0.3) is 0 Å². The summed E-state index contributed by atoms with van der Waals surface area (Å²) in [6, 6.07) is 19.9. The van der Waals surface area contributed by atoms with Gasteiger partial charge in [0.2, 0.25) is 11.8 Å². The summed E-state index contributed by atoms with van der Waals surface area (Å²) in [6.45, 7) is 0. The summed E-state index contributed by atoms with van der Waals surface area (Å²) in [5.74, 6) is 0.288. The van der Waals surface area contributed by atoms with Crippen LogP contribution in [0.2, 0.25) is 10.0 Å². The van der Waals surface area contributed by atoms with E-state index in [1.165, 1.54) is 18.2 Å². The van der Waals surface area contributed by atoms with Crippen LogP contribution in [0.15, 0.2) is 87.7 Å². The minimum absolute atomic E-state index is 0.0832. The minimum atomic E-state index is -0.454. The quantitative estimate of drug-likeness (QED) is 0.172. The van der Waals surface area contributed by atoms with Gasteiger partial charge in [0.05, 0.1) is 10.6 Å². The second-order valence-electron chi connectivity index (χ2n) is 7.78. The number of carbonyl (C=O) groups is 1. The highest BCUT2D eigenvalue weighted by molar-refractivity contribution is 7.80. The number of thiocarbonyl (C=S) groups is 1. The van der Waals surface area contributed by atoms with Crippen molar-refractivity contribution in [3.8, 4) is 22.8 Å². The summed E-state index contributed by atoms with van der Waals surface area (Å²) < 4.78 is 25.5. The molecule has 0 fully saturated rings. The third kappa shape index (κ3) is 5.72. The van der Waals surface area contributed by atoms with Crippen molar-refractivity contribution in [2.45, 2.75) is 0 Å². The Morgan fingerprint density at radius 2 is 1.81 bits per heavy atom. The van der Waals surface area contributed by atoms with Crippen molar-refractivity contribution < 1.29 is 18.0 Å². The number of nitrogens with one attached hydrogen (secondary N) is 2. The van der Waals surface area contributed by atoms with Gasteiger partial charge in [0.1, 0.15) is 22.9 Å². The number of anilines is 1. The first-order valence-electron chi connectivity index (χ1n) is 10.9. The first-order chi connectivity index (χ1) is 17.9. The number of hydrogen-bond acceptors (Lipinski definition) is 5. The zero-order valence-electron chi connectivity index (χ0n) is 18.8. The molecule has 0 aliphatic heterocycles. The third-order valence-corrected chi connectivity index (χ3v) is 5.96. The topological polar surface area (TPSA) is 80.3 Å². The second kappa shape index (κ2) is 10.6. The molecular formula is C27H16Cl2FN3O3S. The molecule has 5 aromatic rings. The minimum Gasteiger partial charge on any atom is -0.457 e. The maximum Gasteiger partial charge on any atom is 0.250 e. The molecule has 2 heterocycles. The molecule has 0 aliphatic rings. The lowest BCUT2D eigenvalue weighted by Gasteiger charge is -2.07. The molecule has 37 heavy (non-hydrogen) atoms. The van der Waals surface area contributed by atoms with Crippen molar-refractivity contribution in [1.82, 2.24) is 10.3 Å². The monoisotopic (exact) mass is 551 g/mol. The number of furan rings is 1. The van der Waals surface area contributed by atoms with Crippen molar-refractivity contribution >= 4 is 69.3 Å². The molecule has 6 nitrogen and oxygen atoms in total. The van der Waals surface area contributed by atoms with Gasteiger partial charge in [0, 0.05) is 22.3 Å². The average Bonchev–Trinajstić information content (AvgIpc) is 3.50. The van der Waals surface area contributed by atoms with Crippen molar-refractivity contribution in [3.63, 3.8) is 0 Å². The number of nitrogens with zero attached hydrogens (tertiary/aromatic N) is 1. The standard InChI is InChI=1S/C27H16Cl2FN3O3S/c28-15-5-9-18(20(29)13-15)23-11-7-17(35-23)8-12-25(34)33-27(37)31-16-6-10-24-22(14-16)32-26(36-24)19-3-1-2-4-21(19)30/h1-14H,(H2,31,33,34,37)/b12-8+. The number of aromatic nitrogens is 1. The molecule has 1 amide bonds. The zero-order valence-corrected chi connectivity index (χ0v) is 21.1. The molecule has 0 saturated carbocycles. The predicted octanol–water partition coefficient (Wildman–Crippen LogP) is 7.73. The van der Waals surface area contributed by atoms with Crippen LogP contribution in [0.5, 0.6) is 0 Å². The Labute approximate surface area is 225 Å². The van der Waals surface area contributed by atoms with Crippen LogP contribution in [0, 0.1) is 5.82 Å². The van der Waals surface area contributed by atoms with Gasteiger partial charge in [-0.3, -0.25) is 10.1 Å². The van der Waals surface area contributed by atoms with E-state index < -0.39 is 11.7 Å². The molecule has 3 aromatic carbocycles. The summed E-state index contributed by atoms with van der Waals surface area (Å²) in [7, 11) is 0. The molecular weight excluding hydrogens is 536 g/mol. The van der Waals surface area contributed by atoms with E-state index in [1.807, 2.05) is 0 Å². The van der Waals surface area contributed by atoms with Crippen LogP contribution in [0.1, 0.15) is 5.76 Å². The highest BCUT2D eigenvalue weighted by atomic mass is 35.5. The Hall–Kier alpha value is -3.98. The Morgan fingerprint density at radius 1 is 0.973 bits per heavy atom. The maximum absolute atomic E-state index is 14.1. The lowest BCUT2D eigenvalue weighted by molar-refractivity contribution is -0.115. The Kier molecular flexibility index (Phi) is 7.05. The van der Waals surface area contributed by atoms with Gasteiger partial charge < -0.3 is 14.2 Å². The molecule has 0 aliphatic carbocycles. The highest BCUT2D eigenvalue weighted by Gasteiger charge is 2.13. The van der Waals surface area contributed by atoms with Crippen LogP contribution in [0.25, 0.3) is 40.0 Å². The van der Waals surface area contributed by atoms with E-state index in [0.29, 0.717) is 43.9 Å². The van der Waals surface area contributed by atoms with Crippen LogP contribution >= 0.6 is 35.4 Å². The van der Waals surface area contributed by atoms with E-state index >= 15 is 0 Å². The zero-order chi connectivity index (χ0) is 25.9. The summed E-state index contributed by atoms with van der Waals surface area (Å²) in [5, 5.41) is 6.55. The number of carbonyl (C=O) groups excluding carboxylic acids is 1. The SMILES string of the molecule is O=C(/C=C/c1ccc(-c2ccc(Cl)cc2Cl)o1)NC(=S)Nc1ccc2oc(-c3ccccc3F)nc2c1. The van der Waals surface area contributed by atoms with E-state index in [2.05, 4.69) is 15.6 Å². The van der Waals surface area contributed by atoms with Crippen molar-refractivity contribution in [2.75, 3.05) is 5.32 Å². The van der Waals surface area contributed by atoms with Gasteiger partial charge in [-0.25, -0.2) is 9.37 Å². The van der Waals surface area contributed by atoms with Crippen LogP contribution in [-0.4, -0.2) is 16.0 Å². The molecule has 2 aromatic heterocycles. The number of oxazole rings is 1. The van der Waals surface area contributed by atoms with Crippen LogP contribution in [0.4, 0.5) is 10.1 Å². The fourth-order valence-corrected chi connectivity index (χ4v) is 4.23. The fraction of sp³-hybridized carbons (Fsp3) is 0. The first-order valence-corrected chi connectivity index (χ1v) is 12.0. The number of fused-ring (bicyclic) bond motifs is 1. The predicted molar refractivity (Wildman–Crippen MR) is 147 cm³/mol. The number of hydrogen-bond donors (Lipinski definition) is 2. The Bertz CT molecular complexity index is 1680. The van der Waals surface area contributed by atoms with Gasteiger partial charge in [0.15, 0.2) is 10.7 Å². The van der Waals surface area contributed by atoms with Gasteiger partial charge in [-0.1, -0.05) is 35.3 Å². The van der Waals surface area contributed by atoms with Gasteiger partial charge >= 0.3 is 0 Å². The summed E-state index contributed by atoms with van der Waals surface area (Å²) in [4.78, 5) is 16.7. The lowest BCUT2D eigenvalue weighted by atomic mass is 10.2. The lowest BCUT2D eigenvalue weighted by Crippen LogP contribution is -2.32. The largest absolute Gasteiger partial charge is 0.457 e. The molecule has 10 heteroatoms. The molecule has 0 radical (unpaired) electrons. The summed E-state index contributed by atoms with van der Waals surface area (Å²) in [5.41, 5.74) is 2.52. The molecule has 0 spiro atoms. The van der Waals surface area contributed by atoms with Crippen molar-refractivity contribution in [3.05, 3.63) is 100 Å². The number of benzene rings is 3. The van der Waals surface area contributed by atoms with Gasteiger partial charge in [-0.05, 0) is 79.0 Å². The number of amides is 1. The van der Waals surface area contributed by atoms with E-state index in [-0.39, 0.29) is 16.6 Å². The summed E-state index contributed by atoms with van der Waals surface area (Å²) in [6.07, 6.45) is 2.80. The molecule has 184 valence electrons. The molecule has 5 rings (SSSR count). The fourth-order valence-electron chi connectivity index (χ4n) is 3.51. The van der Waals surface area contributed by atoms with Crippen LogP contribution in [0.3, 0.4) is 0 Å².